The molecule has 0 radical (unpaired) electrons. The van der Waals surface area contributed by atoms with Gasteiger partial charge in [-0.05, 0) is 11.5 Å². The summed E-state index contributed by atoms with van der Waals surface area (Å²) in [6.45, 7) is 6.08. The summed E-state index contributed by atoms with van der Waals surface area (Å²) in [7, 11) is 0. The number of rotatable bonds is 2. The molecule has 1 aromatic rings. The lowest BCUT2D eigenvalue weighted by atomic mass is 9.99. The summed E-state index contributed by atoms with van der Waals surface area (Å²) in [5, 5.41) is 3.64. The Balaban J connectivity index is 2.05. The predicted molar refractivity (Wildman–Crippen MR) is 61.8 cm³/mol. The van der Waals surface area contributed by atoms with Crippen LogP contribution in [0.4, 0.5) is 0 Å². The van der Waals surface area contributed by atoms with E-state index in [1.165, 1.54) is 5.56 Å². The highest BCUT2D eigenvalue weighted by atomic mass is 16.5. The van der Waals surface area contributed by atoms with Crippen LogP contribution in [-0.2, 0) is 4.74 Å². The molecule has 82 valence electrons. The number of hydrogen-bond acceptors (Lipinski definition) is 2. The van der Waals surface area contributed by atoms with Crippen molar-refractivity contribution < 1.29 is 4.74 Å². The highest BCUT2D eigenvalue weighted by Gasteiger charge is 2.24. The molecular weight excluding hydrogens is 186 g/mol. The molecule has 2 atom stereocenters. The number of benzene rings is 1. The summed E-state index contributed by atoms with van der Waals surface area (Å²) in [5.74, 6) is 0.622. The van der Waals surface area contributed by atoms with Gasteiger partial charge in [0.1, 0.15) is 0 Å². The van der Waals surface area contributed by atoms with Crippen LogP contribution in [0.2, 0.25) is 0 Å². The van der Waals surface area contributed by atoms with Crippen LogP contribution >= 0.6 is 0 Å². The van der Waals surface area contributed by atoms with E-state index in [-0.39, 0.29) is 0 Å². The van der Waals surface area contributed by atoms with Gasteiger partial charge in [-0.3, -0.25) is 0 Å². The van der Waals surface area contributed by atoms with Gasteiger partial charge in [-0.2, -0.15) is 0 Å². The lowest BCUT2D eigenvalue weighted by Gasteiger charge is -2.33. The van der Waals surface area contributed by atoms with Crippen molar-refractivity contribution >= 4 is 0 Å². The lowest BCUT2D eigenvalue weighted by Crippen LogP contribution is -2.46. The summed E-state index contributed by atoms with van der Waals surface area (Å²) >= 11 is 0. The molecule has 2 heteroatoms. The van der Waals surface area contributed by atoms with Crippen molar-refractivity contribution in [3.8, 4) is 0 Å². The van der Waals surface area contributed by atoms with E-state index < -0.39 is 0 Å². The normalized spacial score (nSPS) is 26.9. The first-order chi connectivity index (χ1) is 7.27. The summed E-state index contributed by atoms with van der Waals surface area (Å²) in [4.78, 5) is 0. The van der Waals surface area contributed by atoms with Gasteiger partial charge in [0, 0.05) is 6.04 Å². The molecule has 1 saturated heterocycles. The Morgan fingerprint density at radius 1 is 1.20 bits per heavy atom. The zero-order chi connectivity index (χ0) is 10.7. The third-order valence-corrected chi connectivity index (χ3v) is 3.00. The minimum atomic E-state index is 0.354. The van der Waals surface area contributed by atoms with Crippen LogP contribution in [0.3, 0.4) is 0 Å². The zero-order valence-electron chi connectivity index (χ0n) is 9.44. The summed E-state index contributed by atoms with van der Waals surface area (Å²) in [6, 6.07) is 11.4. The fraction of sp³-hybridized carbons (Fsp3) is 0.538. The van der Waals surface area contributed by atoms with Gasteiger partial charge in [0.05, 0.1) is 19.3 Å². The lowest BCUT2D eigenvalue weighted by molar-refractivity contribution is 0.0316. The smallest absolute Gasteiger partial charge is 0.0662 e. The molecule has 0 spiro atoms. The Morgan fingerprint density at radius 3 is 2.60 bits per heavy atom. The molecule has 1 aliphatic heterocycles. The Labute approximate surface area is 91.6 Å². The second kappa shape index (κ2) is 4.77. The van der Waals surface area contributed by atoms with E-state index in [1.54, 1.807) is 0 Å². The molecule has 0 aromatic heterocycles. The first kappa shape index (κ1) is 10.7. The van der Waals surface area contributed by atoms with Crippen LogP contribution in [0.1, 0.15) is 25.5 Å². The Morgan fingerprint density at radius 2 is 1.93 bits per heavy atom. The fourth-order valence-corrected chi connectivity index (χ4v) is 1.93. The van der Waals surface area contributed by atoms with Gasteiger partial charge in [-0.1, -0.05) is 44.2 Å². The molecule has 1 N–H and O–H groups in total. The third-order valence-electron chi connectivity index (χ3n) is 3.00. The van der Waals surface area contributed by atoms with Gasteiger partial charge in [0.15, 0.2) is 0 Å². The van der Waals surface area contributed by atoms with E-state index in [4.69, 9.17) is 4.74 Å². The molecule has 0 amide bonds. The second-order valence-electron chi connectivity index (χ2n) is 4.52. The Hall–Kier alpha value is -0.860. The molecule has 1 aliphatic rings. The van der Waals surface area contributed by atoms with E-state index in [0.29, 0.717) is 18.0 Å². The van der Waals surface area contributed by atoms with Crippen LogP contribution in [0.25, 0.3) is 0 Å². The maximum absolute atomic E-state index is 5.65. The van der Waals surface area contributed by atoms with Crippen LogP contribution < -0.4 is 5.32 Å². The van der Waals surface area contributed by atoms with E-state index in [2.05, 4.69) is 43.4 Å². The zero-order valence-corrected chi connectivity index (χ0v) is 9.44. The third kappa shape index (κ3) is 2.58. The van der Waals surface area contributed by atoms with Crippen LogP contribution in [0.5, 0.6) is 0 Å². The molecule has 1 heterocycles. The minimum absolute atomic E-state index is 0.354. The molecule has 2 rings (SSSR count). The van der Waals surface area contributed by atoms with Crippen molar-refractivity contribution in [2.45, 2.75) is 25.9 Å². The summed E-state index contributed by atoms with van der Waals surface area (Å²) < 4.78 is 5.65. The second-order valence-corrected chi connectivity index (χ2v) is 4.52. The topological polar surface area (TPSA) is 21.3 Å². The van der Waals surface area contributed by atoms with Gasteiger partial charge in [0.25, 0.3) is 0 Å². The SMILES string of the molecule is CC(C)[C@H]1COC[C@@H](c2ccccc2)N1. The first-order valence-corrected chi connectivity index (χ1v) is 5.66. The van der Waals surface area contributed by atoms with Crippen molar-refractivity contribution in [3.05, 3.63) is 35.9 Å². The van der Waals surface area contributed by atoms with E-state index in [9.17, 15) is 0 Å². The molecule has 1 fully saturated rings. The average Bonchev–Trinajstić information content (AvgIpc) is 2.30. The van der Waals surface area contributed by atoms with Crippen LogP contribution in [-0.4, -0.2) is 19.3 Å². The van der Waals surface area contributed by atoms with Crippen molar-refractivity contribution in [3.63, 3.8) is 0 Å². The standard InChI is InChI=1S/C13H19NO/c1-10(2)12-8-15-9-13(14-12)11-6-4-3-5-7-11/h3-7,10,12-14H,8-9H2,1-2H3/t12-,13+/m1/s1. The fourth-order valence-electron chi connectivity index (χ4n) is 1.93. The molecule has 2 nitrogen and oxygen atoms in total. The van der Waals surface area contributed by atoms with Gasteiger partial charge >= 0.3 is 0 Å². The van der Waals surface area contributed by atoms with Gasteiger partial charge in [-0.25, -0.2) is 0 Å². The highest BCUT2D eigenvalue weighted by molar-refractivity contribution is 5.19. The average molecular weight is 205 g/mol. The Bertz CT molecular complexity index is 297. The maximum Gasteiger partial charge on any atom is 0.0662 e. The molecule has 0 aliphatic carbocycles. The van der Waals surface area contributed by atoms with Gasteiger partial charge in [0.2, 0.25) is 0 Å². The van der Waals surface area contributed by atoms with Crippen LogP contribution in [0.15, 0.2) is 30.3 Å². The summed E-state index contributed by atoms with van der Waals surface area (Å²) in [6.07, 6.45) is 0. The molecule has 15 heavy (non-hydrogen) atoms. The van der Waals surface area contributed by atoms with Crippen LogP contribution in [0, 0.1) is 5.92 Å². The van der Waals surface area contributed by atoms with Crippen molar-refractivity contribution in [1.29, 1.82) is 0 Å². The maximum atomic E-state index is 5.65. The van der Waals surface area contributed by atoms with E-state index in [0.717, 1.165) is 13.2 Å². The number of morpholine rings is 1. The largest absolute Gasteiger partial charge is 0.378 e. The van der Waals surface area contributed by atoms with Gasteiger partial charge in [-0.15, -0.1) is 0 Å². The molecular formula is C13H19NO. The molecule has 0 bridgehead atoms. The predicted octanol–water partition coefficient (Wildman–Crippen LogP) is 2.37. The molecule has 0 unspecified atom stereocenters. The number of ether oxygens (including phenoxy) is 1. The van der Waals surface area contributed by atoms with Gasteiger partial charge < -0.3 is 10.1 Å². The minimum Gasteiger partial charge on any atom is -0.378 e. The number of nitrogens with one attached hydrogen (secondary N) is 1. The molecule has 0 saturated carbocycles. The summed E-state index contributed by atoms with van der Waals surface area (Å²) in [5.41, 5.74) is 1.32. The van der Waals surface area contributed by atoms with E-state index in [1.807, 2.05) is 6.07 Å². The quantitative estimate of drug-likeness (QED) is 0.800. The van der Waals surface area contributed by atoms with Crippen molar-refractivity contribution in [2.75, 3.05) is 13.2 Å². The van der Waals surface area contributed by atoms with Crippen molar-refractivity contribution in [2.24, 2.45) is 5.92 Å². The molecule has 1 aromatic carbocycles. The Kier molecular flexibility index (Phi) is 3.39. The first-order valence-electron chi connectivity index (χ1n) is 5.66. The monoisotopic (exact) mass is 205 g/mol. The van der Waals surface area contributed by atoms with Crippen molar-refractivity contribution in [1.82, 2.24) is 5.32 Å². The number of hydrogen-bond donors (Lipinski definition) is 1. The highest BCUT2D eigenvalue weighted by Crippen LogP contribution is 2.19. The van der Waals surface area contributed by atoms with E-state index >= 15 is 0 Å².